The third kappa shape index (κ3) is 5.86. The fourth-order valence-corrected chi connectivity index (χ4v) is 4.21. The first-order valence-electron chi connectivity index (χ1n) is 10.1. The number of hydrogen-bond acceptors (Lipinski definition) is 5. The summed E-state index contributed by atoms with van der Waals surface area (Å²) >= 11 is 0. The molecule has 0 aliphatic carbocycles. The van der Waals surface area contributed by atoms with Crippen molar-refractivity contribution in [2.24, 2.45) is 5.92 Å². The van der Waals surface area contributed by atoms with Gasteiger partial charge in [0.15, 0.2) is 11.6 Å². The summed E-state index contributed by atoms with van der Waals surface area (Å²) in [6.45, 7) is 10.1. The van der Waals surface area contributed by atoms with Crippen LogP contribution in [-0.4, -0.2) is 58.2 Å². The molecule has 4 rings (SSSR count). The number of halogens is 3. The van der Waals surface area contributed by atoms with Gasteiger partial charge in [0.1, 0.15) is 0 Å². The summed E-state index contributed by atoms with van der Waals surface area (Å²) in [7, 11) is 0. The molecule has 2 N–H and O–H groups in total. The van der Waals surface area contributed by atoms with Gasteiger partial charge in [-0.05, 0) is 37.9 Å². The summed E-state index contributed by atoms with van der Waals surface area (Å²) < 4.78 is 44.0. The SMILES string of the molecule is CC1CN(C2C[N-]C2)CC1c1cc(-c2cnc(N)c(OC(F)(F)F)c2)nn1C(C)C.[CH3-].[K+]. The van der Waals surface area contributed by atoms with Crippen LogP contribution in [0.5, 0.6) is 5.75 Å². The minimum Gasteiger partial charge on any atom is -0.660 e. The zero-order valence-electron chi connectivity index (χ0n) is 19.2. The van der Waals surface area contributed by atoms with E-state index in [0.29, 0.717) is 29.1 Å². The van der Waals surface area contributed by atoms with E-state index in [2.05, 4.69) is 26.9 Å². The van der Waals surface area contributed by atoms with E-state index in [4.69, 9.17) is 10.8 Å². The Morgan fingerprint density at radius 1 is 1.22 bits per heavy atom. The Morgan fingerprint density at radius 3 is 2.47 bits per heavy atom. The topological polar surface area (TPSA) is 83.3 Å². The third-order valence-electron chi connectivity index (χ3n) is 5.87. The first kappa shape index (κ1) is 27.6. The molecule has 0 aromatic carbocycles. The van der Waals surface area contributed by atoms with E-state index in [1.54, 1.807) is 0 Å². The van der Waals surface area contributed by atoms with Crippen LogP contribution in [0.4, 0.5) is 19.0 Å². The maximum atomic E-state index is 12.7. The summed E-state index contributed by atoms with van der Waals surface area (Å²) in [6.07, 6.45) is -3.41. The van der Waals surface area contributed by atoms with Gasteiger partial charge in [-0.15, -0.1) is 26.3 Å². The van der Waals surface area contributed by atoms with Crippen LogP contribution < -0.4 is 61.9 Å². The van der Waals surface area contributed by atoms with E-state index in [0.717, 1.165) is 31.9 Å². The van der Waals surface area contributed by atoms with E-state index in [9.17, 15) is 13.2 Å². The Kier molecular flexibility index (Phi) is 9.22. The van der Waals surface area contributed by atoms with E-state index in [-0.39, 0.29) is 70.7 Å². The Hall–Kier alpha value is -0.694. The van der Waals surface area contributed by atoms with Crippen molar-refractivity contribution in [3.63, 3.8) is 0 Å². The van der Waals surface area contributed by atoms with Crippen molar-refractivity contribution in [2.45, 2.75) is 45.1 Å². The Morgan fingerprint density at radius 2 is 1.91 bits per heavy atom. The van der Waals surface area contributed by atoms with Gasteiger partial charge in [-0.2, -0.15) is 5.10 Å². The number of hydrogen-bond donors (Lipinski definition) is 1. The number of aromatic nitrogens is 3. The van der Waals surface area contributed by atoms with Crippen LogP contribution in [0.15, 0.2) is 18.3 Å². The summed E-state index contributed by atoms with van der Waals surface area (Å²) in [5.74, 6) is -0.0939. The number of anilines is 1. The van der Waals surface area contributed by atoms with Crippen molar-refractivity contribution in [2.75, 3.05) is 31.9 Å². The second kappa shape index (κ2) is 10.7. The molecular weight excluding hydrogens is 448 g/mol. The molecular formula is C21H29F3KN6O-. The van der Waals surface area contributed by atoms with Gasteiger partial charge >= 0.3 is 57.7 Å². The summed E-state index contributed by atoms with van der Waals surface area (Å²) in [4.78, 5) is 6.36. The molecule has 7 nitrogen and oxygen atoms in total. The summed E-state index contributed by atoms with van der Waals surface area (Å²) in [5.41, 5.74) is 7.64. The van der Waals surface area contributed by atoms with Crippen molar-refractivity contribution in [1.82, 2.24) is 19.7 Å². The molecule has 11 heteroatoms. The Bertz CT molecular complexity index is 915. The Balaban J connectivity index is 0.00000181. The molecule has 0 saturated carbocycles. The molecule has 0 spiro atoms. The standard InChI is InChI=1S/C20H26F3N6O.CH3.K/c1-11(2)29-17(15-10-28(9-12(15)3)14-7-25-8-14)5-16(27-29)13-4-18(19(24)26-6-13)30-20(21,22)23;;/h4-6,11-12,14-15H,7-10H2,1-3H3,(H2,24,26);1H3;/q2*-1;+1. The van der Waals surface area contributed by atoms with Gasteiger partial charge in [0.25, 0.3) is 0 Å². The number of pyridine rings is 1. The van der Waals surface area contributed by atoms with Gasteiger partial charge in [0.2, 0.25) is 0 Å². The fourth-order valence-electron chi connectivity index (χ4n) is 4.21. The molecule has 0 bridgehead atoms. The van der Waals surface area contributed by atoms with Gasteiger partial charge in [0, 0.05) is 42.5 Å². The monoisotopic (exact) mass is 477 g/mol. The minimum atomic E-state index is -4.84. The van der Waals surface area contributed by atoms with Gasteiger partial charge < -0.3 is 28.1 Å². The van der Waals surface area contributed by atoms with E-state index >= 15 is 0 Å². The molecule has 2 unspecified atom stereocenters. The van der Waals surface area contributed by atoms with Crippen LogP contribution >= 0.6 is 0 Å². The van der Waals surface area contributed by atoms with Crippen molar-refractivity contribution in [1.29, 1.82) is 0 Å². The van der Waals surface area contributed by atoms with E-state index in [1.165, 1.54) is 12.3 Å². The summed E-state index contributed by atoms with van der Waals surface area (Å²) in [6, 6.07) is 3.84. The Labute approximate surface area is 229 Å². The van der Waals surface area contributed by atoms with Gasteiger partial charge in [-0.1, -0.05) is 6.92 Å². The molecule has 0 radical (unpaired) electrons. The number of ether oxygens (including phenoxy) is 1. The minimum absolute atomic E-state index is 0. The third-order valence-corrected chi connectivity index (χ3v) is 5.87. The molecule has 2 aliphatic rings. The van der Waals surface area contributed by atoms with E-state index in [1.807, 2.05) is 24.6 Å². The molecule has 4 heterocycles. The molecule has 172 valence electrons. The molecule has 0 amide bonds. The predicted octanol–water partition coefficient (Wildman–Crippen LogP) is 1.25. The number of nitrogens with two attached hydrogens (primary N) is 1. The zero-order valence-corrected chi connectivity index (χ0v) is 22.3. The quantitative estimate of drug-likeness (QED) is 0.518. The second-order valence-corrected chi connectivity index (χ2v) is 8.43. The van der Waals surface area contributed by atoms with Gasteiger partial charge in [0.05, 0.1) is 5.69 Å². The second-order valence-electron chi connectivity index (χ2n) is 8.43. The first-order chi connectivity index (χ1) is 14.1. The normalized spacial score (nSPS) is 21.7. The van der Waals surface area contributed by atoms with Crippen LogP contribution in [-0.2, 0) is 0 Å². The molecule has 2 aliphatic heterocycles. The zero-order chi connectivity index (χ0) is 21.6. The van der Waals surface area contributed by atoms with Crippen molar-refractivity contribution in [3.8, 4) is 17.0 Å². The molecule has 2 aromatic rings. The summed E-state index contributed by atoms with van der Waals surface area (Å²) in [5, 5.41) is 9.02. The molecule has 2 atom stereocenters. The van der Waals surface area contributed by atoms with Crippen LogP contribution in [0.2, 0.25) is 0 Å². The van der Waals surface area contributed by atoms with E-state index < -0.39 is 12.1 Å². The maximum absolute atomic E-state index is 12.7. The average molecular weight is 478 g/mol. The molecule has 2 aromatic heterocycles. The van der Waals surface area contributed by atoms with Crippen LogP contribution in [0.25, 0.3) is 16.6 Å². The van der Waals surface area contributed by atoms with Crippen molar-refractivity contribution < 1.29 is 69.3 Å². The van der Waals surface area contributed by atoms with Gasteiger partial charge in [-0.25, -0.2) is 4.98 Å². The number of nitrogen functional groups attached to an aromatic ring is 1. The van der Waals surface area contributed by atoms with Crippen LogP contribution in [0.1, 0.15) is 38.4 Å². The van der Waals surface area contributed by atoms with Crippen LogP contribution in [0, 0.1) is 13.3 Å². The van der Waals surface area contributed by atoms with Crippen molar-refractivity contribution >= 4 is 5.82 Å². The first-order valence-corrected chi connectivity index (χ1v) is 10.1. The fraction of sp³-hybridized carbons (Fsp3) is 0.571. The largest absolute Gasteiger partial charge is 1.00 e. The number of likely N-dealkylation sites (tertiary alicyclic amines) is 1. The predicted molar refractivity (Wildman–Crippen MR) is 114 cm³/mol. The number of rotatable bonds is 5. The maximum Gasteiger partial charge on any atom is 1.00 e. The number of nitrogens with zero attached hydrogens (tertiary/aromatic N) is 5. The molecule has 2 saturated heterocycles. The molecule has 2 fully saturated rings. The van der Waals surface area contributed by atoms with Crippen LogP contribution in [0.3, 0.4) is 0 Å². The molecule has 32 heavy (non-hydrogen) atoms. The number of alkyl halides is 3. The van der Waals surface area contributed by atoms with Crippen molar-refractivity contribution in [3.05, 3.63) is 36.8 Å². The smallest absolute Gasteiger partial charge is 0.660 e. The van der Waals surface area contributed by atoms with Gasteiger partial charge in [-0.3, -0.25) is 4.68 Å². The average Bonchev–Trinajstić information content (AvgIpc) is 3.18.